The van der Waals surface area contributed by atoms with Crippen molar-refractivity contribution < 1.29 is 8.78 Å². The van der Waals surface area contributed by atoms with Crippen molar-refractivity contribution in [2.75, 3.05) is 49.1 Å². The molecule has 3 aliphatic rings. The minimum absolute atomic E-state index is 0.0449. The molecule has 0 unspecified atom stereocenters. The first-order valence-electron chi connectivity index (χ1n) is 14.6. The van der Waals surface area contributed by atoms with Crippen LogP contribution in [0.2, 0.25) is 0 Å². The van der Waals surface area contributed by atoms with Gasteiger partial charge in [0.1, 0.15) is 29.0 Å². The molecule has 0 bridgehead atoms. The molecule has 3 fully saturated rings. The fourth-order valence-electron chi connectivity index (χ4n) is 6.91. The smallest absolute Gasteiger partial charge is 0.167 e. The Morgan fingerprint density at radius 1 is 0.829 bits per heavy atom. The van der Waals surface area contributed by atoms with E-state index in [1.165, 1.54) is 25.0 Å². The van der Waals surface area contributed by atoms with Crippen LogP contribution in [0.25, 0.3) is 28.2 Å². The monoisotopic (exact) mass is 553 g/mol. The van der Waals surface area contributed by atoms with Gasteiger partial charge < -0.3 is 15.1 Å². The number of benzene rings is 2. The number of imidazole rings is 1. The summed E-state index contributed by atoms with van der Waals surface area (Å²) in [4.78, 5) is 14.2. The van der Waals surface area contributed by atoms with Crippen molar-refractivity contribution in [3.05, 3.63) is 65.9 Å². The number of hydrogen-bond acceptors (Lipinski definition) is 6. The molecule has 1 spiro atoms. The second-order valence-electron chi connectivity index (χ2n) is 11.6. The first kappa shape index (κ1) is 25.9. The molecule has 0 saturated carbocycles. The molecular formula is C32H33F2N7. The van der Waals surface area contributed by atoms with Gasteiger partial charge in [-0.15, -0.1) is 0 Å². The van der Waals surface area contributed by atoms with E-state index in [9.17, 15) is 9.65 Å². The summed E-state index contributed by atoms with van der Waals surface area (Å²) in [6, 6.07) is 13.5. The number of fused-ring (bicyclic) bond motifs is 1. The SMILES string of the molecule is N#Cc1ccc(-c2nc3c(N4CCC5(CCNCC5)CC4)ccnc3n2-c2ccc(N3CCCC3)cc2F)cc1F. The molecule has 5 heterocycles. The lowest BCUT2D eigenvalue weighted by Gasteiger charge is -2.45. The average molecular weight is 554 g/mol. The second kappa shape index (κ2) is 10.4. The topological polar surface area (TPSA) is 73.0 Å². The molecule has 41 heavy (non-hydrogen) atoms. The highest BCUT2D eigenvalue weighted by molar-refractivity contribution is 5.90. The van der Waals surface area contributed by atoms with Gasteiger partial charge >= 0.3 is 0 Å². The summed E-state index contributed by atoms with van der Waals surface area (Å²) < 4.78 is 32.4. The molecule has 1 N–H and O–H groups in total. The van der Waals surface area contributed by atoms with Crippen LogP contribution < -0.4 is 15.1 Å². The number of hydrogen-bond donors (Lipinski definition) is 1. The van der Waals surface area contributed by atoms with Crippen LogP contribution >= 0.6 is 0 Å². The Hall–Kier alpha value is -4.03. The summed E-state index contributed by atoms with van der Waals surface area (Å²) in [5.41, 5.74) is 4.13. The van der Waals surface area contributed by atoms with Crippen molar-refractivity contribution in [2.24, 2.45) is 5.41 Å². The van der Waals surface area contributed by atoms with E-state index in [4.69, 9.17) is 4.98 Å². The van der Waals surface area contributed by atoms with Gasteiger partial charge in [0.05, 0.1) is 16.9 Å². The van der Waals surface area contributed by atoms with Gasteiger partial charge in [-0.3, -0.25) is 4.57 Å². The third kappa shape index (κ3) is 4.60. The predicted molar refractivity (Wildman–Crippen MR) is 156 cm³/mol. The maximum atomic E-state index is 15.9. The van der Waals surface area contributed by atoms with Crippen LogP contribution in [0, 0.1) is 28.4 Å². The molecule has 3 saturated heterocycles. The summed E-state index contributed by atoms with van der Waals surface area (Å²) in [6.07, 6.45) is 8.63. The van der Waals surface area contributed by atoms with E-state index in [1.54, 1.807) is 29.0 Å². The van der Waals surface area contributed by atoms with Crippen LogP contribution in [-0.4, -0.2) is 53.8 Å². The van der Waals surface area contributed by atoms with Gasteiger partial charge in [-0.2, -0.15) is 5.26 Å². The lowest BCUT2D eigenvalue weighted by atomic mass is 9.71. The van der Waals surface area contributed by atoms with E-state index >= 15 is 4.39 Å². The number of halogens is 2. The van der Waals surface area contributed by atoms with Crippen molar-refractivity contribution in [3.63, 3.8) is 0 Å². The second-order valence-corrected chi connectivity index (χ2v) is 11.6. The summed E-state index contributed by atoms with van der Waals surface area (Å²) in [7, 11) is 0. The third-order valence-corrected chi connectivity index (χ3v) is 9.35. The Balaban J connectivity index is 1.34. The number of nitriles is 1. The van der Waals surface area contributed by atoms with Crippen LogP contribution in [0.3, 0.4) is 0 Å². The quantitative estimate of drug-likeness (QED) is 0.344. The summed E-state index contributed by atoms with van der Waals surface area (Å²) >= 11 is 0. The van der Waals surface area contributed by atoms with E-state index in [-0.39, 0.29) is 11.4 Å². The molecular weight excluding hydrogens is 520 g/mol. The van der Waals surface area contributed by atoms with Crippen LogP contribution in [0.4, 0.5) is 20.2 Å². The van der Waals surface area contributed by atoms with Gasteiger partial charge in [0.2, 0.25) is 0 Å². The molecule has 7 rings (SSSR count). The van der Waals surface area contributed by atoms with Gasteiger partial charge in [0.25, 0.3) is 0 Å². The molecule has 0 atom stereocenters. The van der Waals surface area contributed by atoms with Crippen molar-refractivity contribution >= 4 is 22.5 Å². The number of pyridine rings is 1. The van der Waals surface area contributed by atoms with Crippen molar-refractivity contribution in [1.82, 2.24) is 19.9 Å². The van der Waals surface area contributed by atoms with E-state index < -0.39 is 5.82 Å². The predicted octanol–water partition coefficient (Wildman–Crippen LogP) is 5.81. The molecule has 0 aliphatic carbocycles. The average Bonchev–Trinajstić information content (AvgIpc) is 3.67. The zero-order valence-electron chi connectivity index (χ0n) is 23.0. The normalized spacial score (nSPS) is 18.8. The van der Waals surface area contributed by atoms with Crippen molar-refractivity contribution in [3.8, 4) is 23.1 Å². The molecule has 2 aromatic heterocycles. The maximum Gasteiger partial charge on any atom is 0.167 e. The van der Waals surface area contributed by atoms with Gasteiger partial charge in [0, 0.05) is 43.6 Å². The molecule has 4 aromatic rings. The fraction of sp³-hybridized carbons (Fsp3) is 0.406. The highest BCUT2D eigenvalue weighted by Crippen LogP contribution is 2.42. The number of aromatic nitrogens is 3. The number of piperidine rings is 2. The molecule has 0 radical (unpaired) electrons. The highest BCUT2D eigenvalue weighted by atomic mass is 19.1. The number of anilines is 2. The molecule has 7 nitrogen and oxygen atoms in total. The van der Waals surface area contributed by atoms with Crippen LogP contribution in [0.5, 0.6) is 0 Å². The van der Waals surface area contributed by atoms with E-state index in [2.05, 4.69) is 20.1 Å². The minimum atomic E-state index is -0.634. The minimum Gasteiger partial charge on any atom is -0.371 e. The molecule has 9 heteroatoms. The third-order valence-electron chi connectivity index (χ3n) is 9.35. The zero-order chi connectivity index (χ0) is 28.0. The first-order valence-corrected chi connectivity index (χ1v) is 14.6. The van der Waals surface area contributed by atoms with Crippen LogP contribution in [0.1, 0.15) is 44.1 Å². The number of rotatable bonds is 4. The Kier molecular flexibility index (Phi) is 6.58. The fourth-order valence-corrected chi connectivity index (χ4v) is 6.91. The maximum absolute atomic E-state index is 15.9. The van der Waals surface area contributed by atoms with Gasteiger partial charge in [0.15, 0.2) is 5.65 Å². The lowest BCUT2D eigenvalue weighted by molar-refractivity contribution is 0.155. The van der Waals surface area contributed by atoms with Crippen molar-refractivity contribution in [1.29, 1.82) is 5.26 Å². The van der Waals surface area contributed by atoms with E-state index in [0.717, 1.165) is 76.3 Å². The highest BCUT2D eigenvalue weighted by Gasteiger charge is 2.36. The molecule has 0 amide bonds. The Labute approximate surface area is 238 Å². The summed E-state index contributed by atoms with van der Waals surface area (Å²) in [5, 5.41) is 12.8. The van der Waals surface area contributed by atoms with Crippen molar-refractivity contribution in [2.45, 2.75) is 38.5 Å². The number of nitrogens with zero attached hydrogens (tertiary/aromatic N) is 6. The van der Waals surface area contributed by atoms with E-state index in [0.29, 0.717) is 33.7 Å². The zero-order valence-corrected chi connectivity index (χ0v) is 23.0. The molecule has 2 aromatic carbocycles. The Morgan fingerprint density at radius 2 is 1.61 bits per heavy atom. The first-order chi connectivity index (χ1) is 20.0. The summed E-state index contributed by atoms with van der Waals surface area (Å²) in [5.74, 6) is -0.630. The number of nitrogens with one attached hydrogen (secondary N) is 1. The standard InChI is InChI=1S/C32H33F2N7/c33-25-19-22(3-4-23(25)21-35)30-38-29-28(40-17-10-32(11-18-40)8-13-36-14-9-32)7-12-37-31(29)41(30)27-6-5-24(20-26(27)34)39-15-1-2-16-39/h3-7,12,19-20,36H,1-2,8-11,13-18H2. The van der Waals surface area contributed by atoms with E-state index in [1.807, 2.05) is 18.2 Å². The van der Waals surface area contributed by atoms with Gasteiger partial charge in [-0.25, -0.2) is 18.7 Å². The largest absolute Gasteiger partial charge is 0.371 e. The molecule has 3 aliphatic heterocycles. The van der Waals surface area contributed by atoms with Gasteiger partial charge in [-0.1, -0.05) is 0 Å². The molecule has 210 valence electrons. The lowest BCUT2D eigenvalue weighted by Crippen LogP contribution is -2.45. The Bertz CT molecular complexity index is 1630. The van der Waals surface area contributed by atoms with Crippen LogP contribution in [0.15, 0.2) is 48.7 Å². The summed E-state index contributed by atoms with van der Waals surface area (Å²) in [6.45, 7) is 5.84. The van der Waals surface area contributed by atoms with Gasteiger partial charge in [-0.05, 0) is 99.5 Å². The Morgan fingerprint density at radius 3 is 2.32 bits per heavy atom. The van der Waals surface area contributed by atoms with Crippen LogP contribution in [-0.2, 0) is 0 Å².